The van der Waals surface area contributed by atoms with Crippen LogP contribution in [-0.2, 0) is 0 Å². The van der Waals surface area contributed by atoms with Gasteiger partial charge in [-0.2, -0.15) is 0 Å². The third kappa shape index (κ3) is 3.12. The Bertz CT molecular complexity index is 889. The molecule has 26 heavy (non-hydrogen) atoms. The smallest absolute Gasteiger partial charge is 0.255 e. The van der Waals surface area contributed by atoms with Crippen LogP contribution in [0.4, 0.5) is 0 Å². The first kappa shape index (κ1) is 16.5. The average molecular weight is 346 g/mol. The Hall–Kier alpha value is -2.95. The van der Waals surface area contributed by atoms with Crippen molar-refractivity contribution in [2.24, 2.45) is 0 Å². The van der Waals surface area contributed by atoms with E-state index in [1.807, 2.05) is 41.4 Å². The molecule has 1 unspecified atom stereocenters. The van der Waals surface area contributed by atoms with E-state index >= 15 is 0 Å². The molecular weight excluding hydrogens is 324 g/mol. The normalized spacial score (nSPS) is 17.3. The van der Waals surface area contributed by atoms with E-state index in [-0.39, 0.29) is 11.9 Å². The molecule has 3 heterocycles. The van der Waals surface area contributed by atoms with Crippen molar-refractivity contribution in [3.63, 3.8) is 0 Å². The topological polar surface area (TPSA) is 51.0 Å². The van der Waals surface area contributed by atoms with Crippen molar-refractivity contribution in [1.82, 2.24) is 19.4 Å². The molecule has 1 atom stereocenters. The Morgan fingerprint density at radius 3 is 2.73 bits per heavy atom. The van der Waals surface area contributed by atoms with Gasteiger partial charge in [0.2, 0.25) is 0 Å². The Morgan fingerprint density at radius 2 is 1.96 bits per heavy atom. The van der Waals surface area contributed by atoms with Crippen molar-refractivity contribution in [2.75, 3.05) is 13.1 Å². The number of hydrogen-bond donors (Lipinski definition) is 0. The lowest BCUT2D eigenvalue weighted by Gasteiger charge is -2.34. The molecule has 1 fully saturated rings. The van der Waals surface area contributed by atoms with Gasteiger partial charge in [0.15, 0.2) is 0 Å². The SMILES string of the molecule is Cc1cnc(-c2ccccc2)n1C1CCCN(C(=O)c2cccnc2)C1. The Kier molecular flexibility index (Phi) is 4.52. The molecule has 2 aromatic heterocycles. The fourth-order valence-electron chi connectivity index (χ4n) is 3.73. The highest BCUT2D eigenvalue weighted by Gasteiger charge is 2.28. The summed E-state index contributed by atoms with van der Waals surface area (Å²) in [5, 5.41) is 0. The molecule has 5 heteroatoms. The van der Waals surface area contributed by atoms with Crippen LogP contribution < -0.4 is 0 Å². The van der Waals surface area contributed by atoms with Gasteiger partial charge in [0.1, 0.15) is 5.82 Å². The highest BCUT2D eigenvalue weighted by molar-refractivity contribution is 5.93. The lowest BCUT2D eigenvalue weighted by Crippen LogP contribution is -2.41. The molecule has 0 N–H and O–H groups in total. The fraction of sp³-hybridized carbons (Fsp3) is 0.286. The molecule has 3 aromatic rings. The number of benzene rings is 1. The molecule has 1 aromatic carbocycles. The van der Waals surface area contributed by atoms with Crippen LogP contribution in [0, 0.1) is 6.92 Å². The molecule has 132 valence electrons. The van der Waals surface area contributed by atoms with E-state index in [0.717, 1.165) is 36.5 Å². The first-order valence-electron chi connectivity index (χ1n) is 9.02. The van der Waals surface area contributed by atoms with Crippen molar-refractivity contribution in [2.45, 2.75) is 25.8 Å². The van der Waals surface area contributed by atoms with Crippen molar-refractivity contribution in [3.8, 4) is 11.4 Å². The number of likely N-dealkylation sites (tertiary alicyclic amines) is 1. The maximum absolute atomic E-state index is 12.8. The standard InChI is InChI=1S/C21H22N4O/c1-16-13-23-20(17-7-3-2-4-8-17)25(16)19-10-6-12-24(15-19)21(26)18-9-5-11-22-14-18/h2-5,7-9,11,13-14,19H,6,10,12,15H2,1H3. The van der Waals surface area contributed by atoms with Gasteiger partial charge in [-0.15, -0.1) is 0 Å². The number of aromatic nitrogens is 3. The first-order valence-corrected chi connectivity index (χ1v) is 9.02. The largest absolute Gasteiger partial charge is 0.337 e. The number of hydrogen-bond acceptors (Lipinski definition) is 3. The third-order valence-corrected chi connectivity index (χ3v) is 4.97. The van der Waals surface area contributed by atoms with Crippen LogP contribution in [0.15, 0.2) is 61.1 Å². The molecular formula is C21H22N4O. The van der Waals surface area contributed by atoms with Gasteiger partial charge in [0, 0.05) is 42.9 Å². The summed E-state index contributed by atoms with van der Waals surface area (Å²) in [7, 11) is 0. The summed E-state index contributed by atoms with van der Waals surface area (Å²) in [6, 6.07) is 14.1. The van der Waals surface area contributed by atoms with Gasteiger partial charge in [-0.05, 0) is 31.9 Å². The number of pyridine rings is 1. The lowest BCUT2D eigenvalue weighted by atomic mass is 10.0. The monoisotopic (exact) mass is 346 g/mol. The predicted molar refractivity (Wildman–Crippen MR) is 101 cm³/mol. The third-order valence-electron chi connectivity index (χ3n) is 4.97. The summed E-state index contributed by atoms with van der Waals surface area (Å²) in [4.78, 5) is 23.5. The van der Waals surface area contributed by atoms with E-state index in [2.05, 4.69) is 33.6 Å². The first-order chi connectivity index (χ1) is 12.7. The summed E-state index contributed by atoms with van der Waals surface area (Å²) in [5.41, 5.74) is 2.89. The van der Waals surface area contributed by atoms with Gasteiger partial charge in [-0.1, -0.05) is 30.3 Å². The van der Waals surface area contributed by atoms with Crippen LogP contribution >= 0.6 is 0 Å². The number of carbonyl (C=O) groups is 1. The minimum absolute atomic E-state index is 0.0572. The highest BCUT2D eigenvalue weighted by Crippen LogP contribution is 2.29. The second-order valence-electron chi connectivity index (χ2n) is 6.75. The van der Waals surface area contributed by atoms with Crippen LogP contribution in [0.3, 0.4) is 0 Å². The molecule has 1 amide bonds. The van der Waals surface area contributed by atoms with Gasteiger partial charge in [0.05, 0.1) is 11.6 Å². The molecule has 0 bridgehead atoms. The quantitative estimate of drug-likeness (QED) is 0.726. The molecule has 1 aliphatic heterocycles. The Morgan fingerprint density at radius 1 is 1.12 bits per heavy atom. The maximum atomic E-state index is 12.8. The van der Waals surface area contributed by atoms with Gasteiger partial charge < -0.3 is 9.47 Å². The van der Waals surface area contributed by atoms with Crippen LogP contribution in [0.5, 0.6) is 0 Å². The van der Waals surface area contributed by atoms with Crippen LogP contribution in [0.25, 0.3) is 11.4 Å². The van der Waals surface area contributed by atoms with Gasteiger partial charge in [0.25, 0.3) is 5.91 Å². The maximum Gasteiger partial charge on any atom is 0.255 e. The molecule has 0 aliphatic carbocycles. The van der Waals surface area contributed by atoms with Gasteiger partial charge in [-0.3, -0.25) is 9.78 Å². The van der Waals surface area contributed by atoms with E-state index in [1.54, 1.807) is 12.4 Å². The average Bonchev–Trinajstić information content (AvgIpc) is 3.10. The number of piperidine rings is 1. The highest BCUT2D eigenvalue weighted by atomic mass is 16.2. The fourth-order valence-corrected chi connectivity index (χ4v) is 3.73. The number of aryl methyl sites for hydroxylation is 1. The summed E-state index contributed by atoms with van der Waals surface area (Å²) in [6.45, 7) is 3.57. The molecule has 5 nitrogen and oxygen atoms in total. The zero-order chi connectivity index (χ0) is 17.9. The van der Waals surface area contributed by atoms with Crippen molar-refractivity contribution in [3.05, 3.63) is 72.3 Å². The van der Waals surface area contributed by atoms with Crippen molar-refractivity contribution < 1.29 is 4.79 Å². The van der Waals surface area contributed by atoms with E-state index in [1.165, 1.54) is 0 Å². The Balaban J connectivity index is 1.61. The summed E-state index contributed by atoms with van der Waals surface area (Å²) < 4.78 is 2.29. The molecule has 1 aliphatic rings. The Labute approximate surface area is 153 Å². The molecule has 0 radical (unpaired) electrons. The molecule has 1 saturated heterocycles. The zero-order valence-electron chi connectivity index (χ0n) is 14.9. The van der Waals surface area contributed by atoms with Crippen molar-refractivity contribution >= 4 is 5.91 Å². The van der Waals surface area contributed by atoms with E-state index < -0.39 is 0 Å². The van der Waals surface area contributed by atoms with E-state index in [0.29, 0.717) is 12.1 Å². The number of amides is 1. The second kappa shape index (κ2) is 7.12. The van der Waals surface area contributed by atoms with Gasteiger partial charge in [-0.25, -0.2) is 4.98 Å². The van der Waals surface area contributed by atoms with E-state index in [4.69, 9.17) is 0 Å². The molecule has 4 rings (SSSR count). The van der Waals surface area contributed by atoms with Crippen LogP contribution in [0.2, 0.25) is 0 Å². The van der Waals surface area contributed by atoms with Crippen LogP contribution in [-0.4, -0.2) is 38.4 Å². The summed E-state index contributed by atoms with van der Waals surface area (Å²) in [6.07, 6.45) is 7.29. The minimum atomic E-state index is 0.0572. The second-order valence-corrected chi connectivity index (χ2v) is 6.75. The van der Waals surface area contributed by atoms with Crippen molar-refractivity contribution in [1.29, 1.82) is 0 Å². The van der Waals surface area contributed by atoms with Crippen LogP contribution in [0.1, 0.15) is 34.9 Å². The lowest BCUT2D eigenvalue weighted by molar-refractivity contribution is 0.0678. The van der Waals surface area contributed by atoms with E-state index in [9.17, 15) is 4.79 Å². The molecule has 0 spiro atoms. The van der Waals surface area contributed by atoms with Gasteiger partial charge >= 0.3 is 0 Å². The number of rotatable bonds is 3. The summed E-state index contributed by atoms with van der Waals surface area (Å²) >= 11 is 0. The zero-order valence-corrected chi connectivity index (χ0v) is 14.9. The summed E-state index contributed by atoms with van der Waals surface area (Å²) in [5.74, 6) is 1.03. The number of imidazole rings is 1. The predicted octanol–water partition coefficient (Wildman–Crippen LogP) is 3.73. The molecule has 0 saturated carbocycles. The number of carbonyl (C=O) groups excluding carboxylic acids is 1. The number of nitrogens with zero attached hydrogens (tertiary/aromatic N) is 4. The minimum Gasteiger partial charge on any atom is -0.337 e.